The van der Waals surface area contributed by atoms with Gasteiger partial charge in [-0.15, -0.1) is 0 Å². The third-order valence-corrected chi connectivity index (χ3v) is 4.74. The van der Waals surface area contributed by atoms with Gasteiger partial charge in [0.2, 0.25) is 0 Å². The van der Waals surface area contributed by atoms with Crippen LogP contribution in [0.5, 0.6) is 0 Å². The molecule has 1 rings (SSSR count). The van der Waals surface area contributed by atoms with E-state index in [0.717, 1.165) is 24.1 Å². The number of aryl methyl sites for hydroxylation is 1. The predicted molar refractivity (Wildman–Crippen MR) is 76.4 cm³/mol. The summed E-state index contributed by atoms with van der Waals surface area (Å²) in [6.07, 6.45) is 0.834. The fourth-order valence-corrected chi connectivity index (χ4v) is 3.87. The molecular weight excluding hydrogens is 246 g/mol. The van der Waals surface area contributed by atoms with Crippen molar-refractivity contribution in [2.45, 2.75) is 39.0 Å². The third kappa shape index (κ3) is 4.78. The van der Waals surface area contributed by atoms with Gasteiger partial charge in [-0.25, -0.2) is 8.42 Å². The molecule has 3 nitrogen and oxygen atoms in total. The SMILES string of the molecule is CCNC(CC)CS(=O)(=O)Cc1ccccc1C. The summed E-state index contributed by atoms with van der Waals surface area (Å²) in [7, 11) is -3.05. The first-order valence-electron chi connectivity index (χ1n) is 6.46. The minimum atomic E-state index is -3.05. The third-order valence-electron chi connectivity index (χ3n) is 3.08. The van der Waals surface area contributed by atoms with Crippen LogP contribution in [0.15, 0.2) is 24.3 Å². The van der Waals surface area contributed by atoms with Gasteiger partial charge in [-0.3, -0.25) is 0 Å². The van der Waals surface area contributed by atoms with Crippen molar-refractivity contribution in [3.63, 3.8) is 0 Å². The summed E-state index contributed by atoms with van der Waals surface area (Å²) in [4.78, 5) is 0. The lowest BCUT2D eigenvalue weighted by atomic mass is 10.1. The molecule has 1 aromatic rings. The van der Waals surface area contributed by atoms with Crippen molar-refractivity contribution in [1.29, 1.82) is 0 Å². The van der Waals surface area contributed by atoms with Crippen molar-refractivity contribution >= 4 is 9.84 Å². The zero-order chi connectivity index (χ0) is 13.6. The van der Waals surface area contributed by atoms with Crippen LogP contribution in [-0.4, -0.2) is 26.8 Å². The molecule has 1 aromatic carbocycles. The molecule has 1 atom stereocenters. The molecule has 0 heterocycles. The van der Waals surface area contributed by atoms with Crippen molar-refractivity contribution in [3.05, 3.63) is 35.4 Å². The molecule has 1 unspecified atom stereocenters. The number of hydrogen-bond acceptors (Lipinski definition) is 3. The molecule has 4 heteroatoms. The van der Waals surface area contributed by atoms with Crippen molar-refractivity contribution in [2.24, 2.45) is 0 Å². The normalized spacial score (nSPS) is 13.5. The second-order valence-corrected chi connectivity index (χ2v) is 6.75. The monoisotopic (exact) mass is 269 g/mol. The van der Waals surface area contributed by atoms with E-state index in [2.05, 4.69) is 5.32 Å². The van der Waals surface area contributed by atoms with E-state index in [-0.39, 0.29) is 17.5 Å². The molecule has 0 radical (unpaired) electrons. The standard InChI is InChI=1S/C14H23NO2S/c1-4-14(15-5-2)11-18(16,17)10-13-9-7-6-8-12(13)3/h6-9,14-15H,4-5,10-11H2,1-3H3. The van der Waals surface area contributed by atoms with Crippen molar-refractivity contribution in [3.8, 4) is 0 Å². The Labute approximate surface area is 111 Å². The first-order valence-corrected chi connectivity index (χ1v) is 8.29. The van der Waals surface area contributed by atoms with Crippen LogP contribution in [0.3, 0.4) is 0 Å². The van der Waals surface area contributed by atoms with E-state index in [1.165, 1.54) is 0 Å². The van der Waals surface area contributed by atoms with E-state index in [9.17, 15) is 8.42 Å². The van der Waals surface area contributed by atoms with Crippen LogP contribution in [-0.2, 0) is 15.6 Å². The van der Waals surface area contributed by atoms with Gasteiger partial charge in [-0.2, -0.15) is 0 Å². The van der Waals surface area contributed by atoms with Crippen LogP contribution < -0.4 is 5.32 Å². The Hall–Kier alpha value is -0.870. The van der Waals surface area contributed by atoms with E-state index in [0.29, 0.717) is 0 Å². The highest BCUT2D eigenvalue weighted by Crippen LogP contribution is 2.13. The number of nitrogens with one attached hydrogen (secondary N) is 1. The maximum atomic E-state index is 12.2. The van der Waals surface area contributed by atoms with Crippen molar-refractivity contribution in [2.75, 3.05) is 12.3 Å². The molecule has 0 amide bonds. The molecular formula is C14H23NO2S. The smallest absolute Gasteiger partial charge is 0.155 e. The molecule has 1 N–H and O–H groups in total. The lowest BCUT2D eigenvalue weighted by Gasteiger charge is -2.16. The van der Waals surface area contributed by atoms with Crippen molar-refractivity contribution < 1.29 is 8.42 Å². The minimum Gasteiger partial charge on any atom is -0.313 e. The van der Waals surface area contributed by atoms with Gasteiger partial charge in [0.25, 0.3) is 0 Å². The van der Waals surface area contributed by atoms with Crippen LogP contribution in [0.4, 0.5) is 0 Å². The second kappa shape index (κ2) is 6.90. The van der Waals surface area contributed by atoms with Crippen LogP contribution in [0.25, 0.3) is 0 Å². The molecule has 0 aliphatic carbocycles. The highest BCUT2D eigenvalue weighted by Gasteiger charge is 2.18. The first kappa shape index (κ1) is 15.2. The van der Waals surface area contributed by atoms with Gasteiger partial charge in [0.05, 0.1) is 11.5 Å². The van der Waals surface area contributed by atoms with Gasteiger partial charge in [0, 0.05) is 6.04 Å². The highest BCUT2D eigenvalue weighted by molar-refractivity contribution is 7.90. The lowest BCUT2D eigenvalue weighted by Crippen LogP contribution is -2.35. The average molecular weight is 269 g/mol. The van der Waals surface area contributed by atoms with Gasteiger partial charge in [0.1, 0.15) is 0 Å². The molecule has 0 aromatic heterocycles. The van der Waals surface area contributed by atoms with Gasteiger partial charge in [-0.1, -0.05) is 38.1 Å². The lowest BCUT2D eigenvalue weighted by molar-refractivity contribution is 0.533. The van der Waals surface area contributed by atoms with Crippen LogP contribution in [0.1, 0.15) is 31.4 Å². The topological polar surface area (TPSA) is 46.2 Å². The Bertz CT molecular complexity index is 468. The molecule has 102 valence electrons. The molecule has 0 saturated heterocycles. The van der Waals surface area contributed by atoms with E-state index in [4.69, 9.17) is 0 Å². The summed E-state index contributed by atoms with van der Waals surface area (Å²) >= 11 is 0. The molecule has 18 heavy (non-hydrogen) atoms. The summed E-state index contributed by atoms with van der Waals surface area (Å²) in [5.74, 6) is 0.354. The molecule has 0 bridgehead atoms. The number of sulfone groups is 1. The van der Waals surface area contributed by atoms with E-state index in [1.807, 2.05) is 45.0 Å². The fourth-order valence-electron chi connectivity index (χ4n) is 1.98. The van der Waals surface area contributed by atoms with E-state index >= 15 is 0 Å². The molecule has 0 aliphatic heterocycles. The Balaban J connectivity index is 2.73. The first-order chi connectivity index (χ1) is 8.48. The molecule has 0 fully saturated rings. The summed E-state index contributed by atoms with van der Waals surface area (Å²) in [6, 6.07) is 7.72. The van der Waals surface area contributed by atoms with Gasteiger partial charge in [0.15, 0.2) is 9.84 Å². The van der Waals surface area contributed by atoms with Gasteiger partial charge >= 0.3 is 0 Å². The van der Waals surface area contributed by atoms with Crippen molar-refractivity contribution in [1.82, 2.24) is 5.32 Å². The molecule has 0 saturated carbocycles. The Kier molecular flexibility index (Phi) is 5.82. The van der Waals surface area contributed by atoms with E-state index < -0.39 is 9.84 Å². The summed E-state index contributed by atoms with van der Waals surface area (Å²) in [6.45, 7) is 6.76. The number of benzene rings is 1. The van der Waals surface area contributed by atoms with Gasteiger partial charge in [-0.05, 0) is 31.0 Å². The summed E-state index contributed by atoms with van der Waals surface area (Å²) in [5.41, 5.74) is 1.95. The zero-order valence-corrected chi connectivity index (χ0v) is 12.3. The Morgan fingerprint density at radius 3 is 2.44 bits per heavy atom. The summed E-state index contributed by atoms with van der Waals surface area (Å²) < 4.78 is 24.3. The Morgan fingerprint density at radius 1 is 1.22 bits per heavy atom. The maximum absolute atomic E-state index is 12.2. The van der Waals surface area contributed by atoms with Gasteiger partial charge < -0.3 is 5.32 Å². The molecule has 0 aliphatic rings. The van der Waals surface area contributed by atoms with Crippen LogP contribution in [0.2, 0.25) is 0 Å². The summed E-state index contributed by atoms with van der Waals surface area (Å²) in [5, 5.41) is 3.21. The average Bonchev–Trinajstić information content (AvgIpc) is 2.31. The minimum absolute atomic E-state index is 0.0593. The van der Waals surface area contributed by atoms with Crippen LogP contribution in [0, 0.1) is 6.92 Å². The zero-order valence-electron chi connectivity index (χ0n) is 11.4. The largest absolute Gasteiger partial charge is 0.313 e. The fraction of sp³-hybridized carbons (Fsp3) is 0.571. The number of hydrogen-bond donors (Lipinski definition) is 1. The quantitative estimate of drug-likeness (QED) is 0.826. The predicted octanol–water partition coefficient (Wildman–Crippen LogP) is 2.30. The highest BCUT2D eigenvalue weighted by atomic mass is 32.2. The van der Waals surface area contributed by atoms with Crippen LogP contribution >= 0.6 is 0 Å². The second-order valence-electron chi connectivity index (χ2n) is 4.64. The molecule has 0 spiro atoms. The van der Waals surface area contributed by atoms with E-state index in [1.54, 1.807) is 0 Å². The Morgan fingerprint density at radius 2 is 1.89 bits per heavy atom. The number of rotatable bonds is 7. The maximum Gasteiger partial charge on any atom is 0.155 e.